The molecule has 1 saturated heterocycles. The minimum absolute atomic E-state index is 0.925. The third-order valence-electron chi connectivity index (χ3n) is 1.54. The lowest BCUT2D eigenvalue weighted by atomic mass is 10.0. The third kappa shape index (κ3) is 6.05. The average Bonchev–Trinajstić information content (AvgIpc) is 1.91. The Bertz CT molecular complexity index is 60.3. The Balaban J connectivity index is 0.000000236. The molecule has 0 spiro atoms. The number of hydrogen-bond donors (Lipinski definition) is 1. The van der Waals surface area contributed by atoms with Gasteiger partial charge in [-0.3, -0.25) is 0 Å². The van der Waals surface area contributed by atoms with Crippen LogP contribution in [0.5, 0.6) is 0 Å². The van der Waals surface area contributed by atoms with E-state index in [1.54, 1.807) is 14.2 Å². The molecule has 0 radical (unpaired) electrons. The second kappa shape index (κ2) is 7.03. The Hall–Kier alpha value is -0.0800. The van der Waals surface area contributed by atoms with Crippen molar-refractivity contribution in [3.63, 3.8) is 0 Å². The molecule has 1 N–H and O–H groups in total. The van der Waals surface area contributed by atoms with Crippen LogP contribution in [-0.4, -0.2) is 27.3 Å². The van der Waals surface area contributed by atoms with Gasteiger partial charge in [0.25, 0.3) is 0 Å². The lowest BCUT2D eigenvalue weighted by Crippen LogP contribution is -2.27. The number of methoxy groups -OCH3 is 1. The standard InChI is InChI=1S/C6H13N.C2H6O/c1-6-3-2-4-7-5-6;1-3-2/h6-7H,2-5H2,1H3;1-2H3. The van der Waals surface area contributed by atoms with Crippen molar-refractivity contribution in [2.75, 3.05) is 27.3 Å². The zero-order chi connectivity index (χ0) is 7.82. The molecule has 10 heavy (non-hydrogen) atoms. The Morgan fingerprint density at radius 1 is 1.40 bits per heavy atom. The van der Waals surface area contributed by atoms with E-state index in [1.165, 1.54) is 25.9 Å². The first-order valence-corrected chi connectivity index (χ1v) is 3.92. The summed E-state index contributed by atoms with van der Waals surface area (Å²) in [6, 6.07) is 0. The summed E-state index contributed by atoms with van der Waals surface area (Å²) in [5, 5.41) is 3.33. The van der Waals surface area contributed by atoms with Gasteiger partial charge >= 0.3 is 0 Å². The second-order valence-electron chi connectivity index (χ2n) is 2.86. The highest BCUT2D eigenvalue weighted by Crippen LogP contribution is 2.06. The highest BCUT2D eigenvalue weighted by atomic mass is 16.4. The molecule has 0 bridgehead atoms. The van der Waals surface area contributed by atoms with E-state index >= 15 is 0 Å². The van der Waals surface area contributed by atoms with E-state index in [-0.39, 0.29) is 0 Å². The molecule has 0 aliphatic carbocycles. The van der Waals surface area contributed by atoms with Gasteiger partial charge in [-0.15, -0.1) is 0 Å². The summed E-state index contributed by atoms with van der Waals surface area (Å²) < 4.78 is 4.25. The van der Waals surface area contributed by atoms with Gasteiger partial charge in [-0.1, -0.05) is 6.92 Å². The van der Waals surface area contributed by atoms with E-state index in [4.69, 9.17) is 0 Å². The van der Waals surface area contributed by atoms with Crippen LogP contribution in [0.1, 0.15) is 19.8 Å². The molecule has 1 rings (SSSR count). The molecule has 0 aromatic rings. The summed E-state index contributed by atoms with van der Waals surface area (Å²) in [6.45, 7) is 4.77. The van der Waals surface area contributed by atoms with Gasteiger partial charge in [-0.25, -0.2) is 0 Å². The summed E-state index contributed by atoms with van der Waals surface area (Å²) in [4.78, 5) is 0. The maximum Gasteiger partial charge on any atom is 0.0351 e. The van der Waals surface area contributed by atoms with Crippen molar-refractivity contribution in [2.45, 2.75) is 19.8 Å². The fourth-order valence-corrected chi connectivity index (χ4v) is 1.03. The van der Waals surface area contributed by atoms with Gasteiger partial charge in [0.2, 0.25) is 0 Å². The maximum atomic E-state index is 4.25. The molecule has 1 atom stereocenters. The quantitative estimate of drug-likeness (QED) is 0.554. The Kier molecular flexibility index (Phi) is 6.98. The molecule has 2 heteroatoms. The predicted octanol–water partition coefficient (Wildman–Crippen LogP) is 1.27. The van der Waals surface area contributed by atoms with E-state index in [9.17, 15) is 0 Å². The first-order chi connectivity index (χ1) is 4.81. The van der Waals surface area contributed by atoms with Crippen LogP contribution in [0.4, 0.5) is 0 Å². The summed E-state index contributed by atoms with van der Waals surface area (Å²) >= 11 is 0. The van der Waals surface area contributed by atoms with Gasteiger partial charge in [0, 0.05) is 14.2 Å². The molecule has 62 valence electrons. The normalized spacial score (nSPS) is 24.9. The van der Waals surface area contributed by atoms with Crippen molar-refractivity contribution in [3.8, 4) is 0 Å². The van der Waals surface area contributed by atoms with E-state index in [1.807, 2.05) is 0 Å². The first-order valence-electron chi connectivity index (χ1n) is 3.92. The van der Waals surface area contributed by atoms with Crippen molar-refractivity contribution in [3.05, 3.63) is 0 Å². The van der Waals surface area contributed by atoms with Gasteiger partial charge in [0.05, 0.1) is 0 Å². The van der Waals surface area contributed by atoms with E-state index in [2.05, 4.69) is 17.0 Å². The van der Waals surface area contributed by atoms with Crippen LogP contribution in [0.2, 0.25) is 0 Å². The predicted molar refractivity (Wildman–Crippen MR) is 44.2 cm³/mol. The smallest absolute Gasteiger partial charge is 0.0351 e. The Labute approximate surface area is 64.0 Å². The summed E-state index contributed by atoms with van der Waals surface area (Å²) in [7, 11) is 3.25. The first kappa shape index (κ1) is 9.92. The van der Waals surface area contributed by atoms with Crippen LogP contribution in [-0.2, 0) is 4.74 Å². The number of rotatable bonds is 0. The topological polar surface area (TPSA) is 21.3 Å². The summed E-state index contributed by atoms with van der Waals surface area (Å²) in [6.07, 6.45) is 2.80. The Morgan fingerprint density at radius 2 is 2.00 bits per heavy atom. The van der Waals surface area contributed by atoms with Gasteiger partial charge in [0.15, 0.2) is 0 Å². The molecule has 1 aliphatic heterocycles. The van der Waals surface area contributed by atoms with Crippen LogP contribution in [0.25, 0.3) is 0 Å². The number of piperidine rings is 1. The molecule has 0 amide bonds. The fraction of sp³-hybridized carbons (Fsp3) is 1.00. The zero-order valence-electron chi connectivity index (χ0n) is 7.31. The molecule has 1 unspecified atom stereocenters. The molecule has 2 nitrogen and oxygen atoms in total. The molecule has 0 aromatic carbocycles. The zero-order valence-corrected chi connectivity index (χ0v) is 7.31. The Morgan fingerprint density at radius 3 is 2.20 bits per heavy atom. The van der Waals surface area contributed by atoms with E-state index in [0.29, 0.717) is 0 Å². The number of nitrogens with one attached hydrogen (secondary N) is 1. The molecule has 1 heterocycles. The molecule has 0 saturated carbocycles. The van der Waals surface area contributed by atoms with Crippen molar-refractivity contribution in [1.29, 1.82) is 0 Å². The molecular weight excluding hydrogens is 126 g/mol. The number of ether oxygens (including phenoxy) is 1. The van der Waals surface area contributed by atoms with Crippen molar-refractivity contribution in [1.82, 2.24) is 5.32 Å². The van der Waals surface area contributed by atoms with Crippen molar-refractivity contribution >= 4 is 0 Å². The highest BCUT2D eigenvalue weighted by Gasteiger charge is 2.04. The molecule has 1 aliphatic rings. The van der Waals surface area contributed by atoms with Crippen LogP contribution in [0, 0.1) is 5.92 Å². The van der Waals surface area contributed by atoms with Gasteiger partial charge in [0.1, 0.15) is 0 Å². The number of hydrogen-bond acceptors (Lipinski definition) is 2. The fourth-order valence-electron chi connectivity index (χ4n) is 1.03. The lowest BCUT2D eigenvalue weighted by molar-refractivity contribution is 0.277. The summed E-state index contributed by atoms with van der Waals surface area (Å²) in [5.41, 5.74) is 0. The molecule has 0 aromatic heterocycles. The minimum Gasteiger partial charge on any atom is -0.388 e. The van der Waals surface area contributed by atoms with Crippen LogP contribution in [0.3, 0.4) is 0 Å². The van der Waals surface area contributed by atoms with Crippen molar-refractivity contribution < 1.29 is 4.74 Å². The third-order valence-corrected chi connectivity index (χ3v) is 1.54. The van der Waals surface area contributed by atoms with Crippen LogP contribution < -0.4 is 5.32 Å². The van der Waals surface area contributed by atoms with Gasteiger partial charge in [-0.2, -0.15) is 0 Å². The monoisotopic (exact) mass is 145 g/mol. The average molecular weight is 145 g/mol. The highest BCUT2D eigenvalue weighted by molar-refractivity contribution is 4.63. The lowest BCUT2D eigenvalue weighted by Gasteiger charge is -2.17. The summed E-state index contributed by atoms with van der Waals surface area (Å²) in [5.74, 6) is 0.925. The molecule has 1 fully saturated rings. The van der Waals surface area contributed by atoms with Crippen molar-refractivity contribution in [2.24, 2.45) is 5.92 Å². The SMILES string of the molecule is CC1CCCNC1.COC. The van der Waals surface area contributed by atoms with Gasteiger partial charge < -0.3 is 10.1 Å². The minimum atomic E-state index is 0.925. The molecular formula is C8H19NO. The largest absolute Gasteiger partial charge is 0.388 e. The van der Waals surface area contributed by atoms with Crippen LogP contribution >= 0.6 is 0 Å². The second-order valence-corrected chi connectivity index (χ2v) is 2.86. The maximum absolute atomic E-state index is 4.25. The van der Waals surface area contributed by atoms with Crippen LogP contribution in [0.15, 0.2) is 0 Å². The van der Waals surface area contributed by atoms with E-state index in [0.717, 1.165) is 5.92 Å². The van der Waals surface area contributed by atoms with E-state index < -0.39 is 0 Å². The van der Waals surface area contributed by atoms with Gasteiger partial charge in [-0.05, 0) is 31.8 Å².